The maximum Gasteiger partial charge on any atom is 0.191 e. The van der Waals surface area contributed by atoms with Crippen molar-refractivity contribution in [3.05, 3.63) is 52.8 Å². The molecular weight excluding hydrogens is 350 g/mol. The molecule has 3 unspecified atom stereocenters. The number of aliphatic imine (C=N–C) groups is 1. The molecule has 0 amide bonds. The summed E-state index contributed by atoms with van der Waals surface area (Å²) >= 11 is 0. The number of aromatic nitrogens is 2. The van der Waals surface area contributed by atoms with Crippen LogP contribution >= 0.6 is 0 Å². The minimum absolute atomic E-state index is 0.339. The van der Waals surface area contributed by atoms with Crippen molar-refractivity contribution in [2.75, 3.05) is 6.54 Å². The molecule has 2 aliphatic heterocycles. The summed E-state index contributed by atoms with van der Waals surface area (Å²) in [6.45, 7) is 8.57. The zero-order valence-corrected chi connectivity index (χ0v) is 17.1. The van der Waals surface area contributed by atoms with Gasteiger partial charge < -0.3 is 15.4 Å². The topological polar surface area (TPSA) is 63.5 Å². The summed E-state index contributed by atoms with van der Waals surface area (Å²) in [5, 5.41) is 11.7. The summed E-state index contributed by atoms with van der Waals surface area (Å²) in [5.74, 6) is 0.873. The number of guanidine groups is 1. The van der Waals surface area contributed by atoms with Crippen molar-refractivity contribution in [1.82, 2.24) is 20.4 Å². The van der Waals surface area contributed by atoms with Gasteiger partial charge in [0.15, 0.2) is 5.96 Å². The van der Waals surface area contributed by atoms with Gasteiger partial charge in [-0.2, -0.15) is 5.10 Å². The molecule has 4 rings (SSSR count). The Balaban J connectivity index is 1.45. The van der Waals surface area contributed by atoms with Crippen LogP contribution in [0.3, 0.4) is 0 Å². The van der Waals surface area contributed by atoms with Crippen LogP contribution in [0.15, 0.2) is 35.3 Å². The Labute approximate surface area is 167 Å². The van der Waals surface area contributed by atoms with Gasteiger partial charge in [0.1, 0.15) is 0 Å². The smallest absolute Gasteiger partial charge is 0.191 e. The number of hydrogen-bond acceptors (Lipinski definition) is 3. The standard InChI is InChI=1S/C22H31N5O/c1-4-23-22(25-20-12-18-10-11-21(20)28-18)24-13-19-15(2)26-27(16(19)3)14-17-8-6-5-7-9-17/h5-9,18,20-21H,4,10-14H2,1-3H3,(H2,23,24,25). The Morgan fingerprint density at radius 2 is 2.07 bits per heavy atom. The molecule has 1 aromatic heterocycles. The summed E-state index contributed by atoms with van der Waals surface area (Å²) in [5.41, 5.74) is 4.70. The van der Waals surface area contributed by atoms with Gasteiger partial charge in [0.05, 0.1) is 37.0 Å². The number of benzene rings is 1. The fourth-order valence-corrected chi connectivity index (χ4v) is 4.32. The third-order valence-electron chi connectivity index (χ3n) is 5.87. The first-order valence-corrected chi connectivity index (χ1v) is 10.4. The summed E-state index contributed by atoms with van der Waals surface area (Å²) < 4.78 is 8.05. The molecular formula is C22H31N5O. The molecule has 2 N–H and O–H groups in total. The zero-order valence-electron chi connectivity index (χ0n) is 17.1. The average Bonchev–Trinajstić information content (AvgIpc) is 3.37. The van der Waals surface area contributed by atoms with Gasteiger partial charge in [-0.05, 0) is 45.6 Å². The summed E-state index contributed by atoms with van der Waals surface area (Å²) in [6.07, 6.45) is 4.22. The van der Waals surface area contributed by atoms with Gasteiger partial charge in [-0.25, -0.2) is 4.99 Å². The highest BCUT2D eigenvalue weighted by atomic mass is 16.5. The molecule has 2 aliphatic rings. The third-order valence-corrected chi connectivity index (χ3v) is 5.87. The first kappa shape index (κ1) is 19.0. The van der Waals surface area contributed by atoms with Crippen LogP contribution in [0.1, 0.15) is 48.7 Å². The minimum Gasteiger partial charge on any atom is -0.373 e. The fourth-order valence-electron chi connectivity index (χ4n) is 4.32. The molecule has 1 aromatic carbocycles. The third kappa shape index (κ3) is 4.07. The van der Waals surface area contributed by atoms with Gasteiger partial charge in [-0.3, -0.25) is 4.68 Å². The quantitative estimate of drug-likeness (QED) is 0.597. The molecule has 6 heteroatoms. The monoisotopic (exact) mass is 381 g/mol. The molecule has 28 heavy (non-hydrogen) atoms. The second-order valence-electron chi connectivity index (χ2n) is 7.85. The molecule has 150 valence electrons. The van der Waals surface area contributed by atoms with Gasteiger partial charge in [0.25, 0.3) is 0 Å². The fraction of sp³-hybridized carbons (Fsp3) is 0.545. The van der Waals surface area contributed by atoms with Crippen LogP contribution < -0.4 is 10.6 Å². The highest BCUT2D eigenvalue weighted by Gasteiger charge is 2.41. The lowest BCUT2D eigenvalue weighted by molar-refractivity contribution is 0.0992. The van der Waals surface area contributed by atoms with Crippen molar-refractivity contribution in [1.29, 1.82) is 0 Å². The normalized spacial score (nSPS) is 24.0. The van der Waals surface area contributed by atoms with Crippen LogP contribution in [0.4, 0.5) is 0 Å². The predicted octanol–water partition coefficient (Wildman–Crippen LogP) is 2.92. The lowest BCUT2D eigenvalue weighted by Crippen LogP contribution is -2.47. The molecule has 0 saturated carbocycles. The molecule has 2 bridgehead atoms. The van der Waals surface area contributed by atoms with Crippen LogP contribution in [0.2, 0.25) is 0 Å². The molecule has 3 atom stereocenters. The van der Waals surface area contributed by atoms with Gasteiger partial charge in [-0.15, -0.1) is 0 Å². The van der Waals surface area contributed by atoms with Gasteiger partial charge >= 0.3 is 0 Å². The molecule has 3 heterocycles. The highest BCUT2D eigenvalue weighted by Crippen LogP contribution is 2.34. The predicted molar refractivity (Wildman–Crippen MR) is 111 cm³/mol. The Morgan fingerprint density at radius 1 is 1.25 bits per heavy atom. The Morgan fingerprint density at radius 3 is 2.75 bits per heavy atom. The second-order valence-corrected chi connectivity index (χ2v) is 7.85. The minimum atomic E-state index is 0.339. The van der Waals surface area contributed by atoms with Crippen molar-refractivity contribution in [3.8, 4) is 0 Å². The number of hydrogen-bond donors (Lipinski definition) is 2. The molecule has 2 saturated heterocycles. The van der Waals surface area contributed by atoms with Crippen LogP contribution in [-0.2, 0) is 17.8 Å². The largest absolute Gasteiger partial charge is 0.373 e. The van der Waals surface area contributed by atoms with E-state index >= 15 is 0 Å². The summed E-state index contributed by atoms with van der Waals surface area (Å²) in [7, 11) is 0. The van der Waals surface area contributed by atoms with E-state index in [0.29, 0.717) is 24.8 Å². The van der Waals surface area contributed by atoms with E-state index in [0.717, 1.165) is 37.6 Å². The SMILES string of the molecule is CCNC(=NCc1c(C)nn(Cc2ccccc2)c1C)NC1CC2CCC1O2. The number of nitrogens with one attached hydrogen (secondary N) is 2. The van der Waals surface area contributed by atoms with Gasteiger partial charge in [0, 0.05) is 17.8 Å². The first-order chi connectivity index (χ1) is 13.6. The maximum atomic E-state index is 5.97. The molecule has 2 fully saturated rings. The zero-order chi connectivity index (χ0) is 19.5. The number of fused-ring (bicyclic) bond motifs is 2. The lowest BCUT2D eigenvalue weighted by atomic mass is 9.96. The Kier molecular flexibility index (Phi) is 5.67. The number of aryl methyl sites for hydroxylation is 1. The van der Waals surface area contributed by atoms with Crippen molar-refractivity contribution in [2.45, 2.75) is 71.4 Å². The Bertz CT molecular complexity index is 829. The van der Waals surface area contributed by atoms with Gasteiger partial charge in [-0.1, -0.05) is 30.3 Å². The van der Waals surface area contributed by atoms with Crippen LogP contribution in [0, 0.1) is 13.8 Å². The van der Waals surface area contributed by atoms with Crippen LogP contribution in [-0.4, -0.2) is 40.5 Å². The van der Waals surface area contributed by atoms with E-state index in [1.54, 1.807) is 0 Å². The van der Waals surface area contributed by atoms with E-state index in [9.17, 15) is 0 Å². The molecule has 6 nitrogen and oxygen atoms in total. The number of nitrogens with zero attached hydrogens (tertiary/aromatic N) is 3. The van der Waals surface area contributed by atoms with E-state index < -0.39 is 0 Å². The van der Waals surface area contributed by atoms with E-state index in [4.69, 9.17) is 14.8 Å². The maximum absolute atomic E-state index is 5.97. The molecule has 2 aromatic rings. The van der Waals surface area contributed by atoms with Crippen LogP contribution in [0.5, 0.6) is 0 Å². The average molecular weight is 382 g/mol. The van der Waals surface area contributed by atoms with Crippen molar-refractivity contribution in [3.63, 3.8) is 0 Å². The lowest BCUT2D eigenvalue weighted by Gasteiger charge is -2.22. The first-order valence-electron chi connectivity index (χ1n) is 10.4. The second kappa shape index (κ2) is 8.35. The van der Waals surface area contributed by atoms with E-state index in [1.165, 1.54) is 23.2 Å². The van der Waals surface area contributed by atoms with Crippen molar-refractivity contribution < 1.29 is 4.74 Å². The number of rotatable bonds is 6. The Hall–Kier alpha value is -2.34. The summed E-state index contributed by atoms with van der Waals surface area (Å²) in [6, 6.07) is 10.8. The van der Waals surface area contributed by atoms with E-state index in [2.05, 4.69) is 60.4 Å². The molecule has 0 spiro atoms. The van der Waals surface area contributed by atoms with E-state index in [1.807, 2.05) is 6.07 Å². The highest BCUT2D eigenvalue weighted by molar-refractivity contribution is 5.80. The molecule has 0 aliphatic carbocycles. The molecule has 0 radical (unpaired) electrons. The van der Waals surface area contributed by atoms with Crippen molar-refractivity contribution >= 4 is 5.96 Å². The van der Waals surface area contributed by atoms with Gasteiger partial charge in [0.2, 0.25) is 0 Å². The van der Waals surface area contributed by atoms with E-state index in [-0.39, 0.29) is 0 Å². The van der Waals surface area contributed by atoms with Crippen LogP contribution in [0.25, 0.3) is 0 Å². The van der Waals surface area contributed by atoms with Crippen molar-refractivity contribution in [2.24, 2.45) is 4.99 Å². The summed E-state index contributed by atoms with van der Waals surface area (Å²) in [4.78, 5) is 4.86. The number of ether oxygens (including phenoxy) is 1.